The summed E-state index contributed by atoms with van der Waals surface area (Å²) in [5.74, 6) is -0.908. The zero-order chi connectivity index (χ0) is 17.7. The molecule has 0 radical (unpaired) electrons. The first-order valence-corrected chi connectivity index (χ1v) is 7.17. The number of nitro groups is 1. The molecule has 0 saturated heterocycles. The Hall–Kier alpha value is -3.16. The zero-order valence-electron chi connectivity index (χ0n) is 13.2. The van der Waals surface area contributed by atoms with Crippen LogP contribution in [-0.4, -0.2) is 17.9 Å². The van der Waals surface area contributed by atoms with Crippen molar-refractivity contribution in [2.24, 2.45) is 0 Å². The van der Waals surface area contributed by atoms with E-state index in [2.05, 4.69) is 16.0 Å². The van der Waals surface area contributed by atoms with Crippen molar-refractivity contribution in [1.82, 2.24) is 0 Å². The van der Waals surface area contributed by atoms with Crippen molar-refractivity contribution in [2.75, 3.05) is 23.0 Å². The van der Waals surface area contributed by atoms with E-state index in [0.29, 0.717) is 23.5 Å². The second-order valence-electron chi connectivity index (χ2n) is 5.09. The minimum atomic E-state index is -0.537. The second-order valence-corrected chi connectivity index (χ2v) is 5.09. The molecule has 24 heavy (non-hydrogen) atoms. The number of carbonyl (C=O) groups excluding carboxylic acids is 1. The largest absolute Gasteiger partial charge is 0.383 e. The van der Waals surface area contributed by atoms with Gasteiger partial charge < -0.3 is 16.0 Å². The molecule has 2 rings (SSSR count). The smallest absolute Gasteiger partial charge is 0.292 e. The highest BCUT2D eigenvalue weighted by molar-refractivity contribution is 5.89. The van der Waals surface area contributed by atoms with Crippen molar-refractivity contribution < 1.29 is 14.1 Å². The fourth-order valence-electron chi connectivity index (χ4n) is 2.17. The Balaban J connectivity index is 2.15. The number of amides is 1. The number of nitrogens with zero attached hydrogens (tertiary/aromatic N) is 1. The maximum Gasteiger partial charge on any atom is 0.292 e. The van der Waals surface area contributed by atoms with E-state index in [1.165, 1.54) is 31.2 Å². The summed E-state index contributed by atoms with van der Waals surface area (Å²) in [7, 11) is 1.61. The number of benzene rings is 2. The summed E-state index contributed by atoms with van der Waals surface area (Å²) in [5.41, 5.74) is 1.77. The summed E-state index contributed by atoms with van der Waals surface area (Å²) in [6.45, 7) is 1.61. The fourth-order valence-corrected chi connectivity index (χ4v) is 2.17. The van der Waals surface area contributed by atoms with E-state index in [1.807, 2.05) is 0 Å². The first kappa shape index (κ1) is 17.2. The zero-order valence-corrected chi connectivity index (χ0v) is 13.2. The van der Waals surface area contributed by atoms with Crippen molar-refractivity contribution >= 4 is 28.7 Å². The molecular formula is C16H17FN4O3. The molecule has 126 valence electrons. The summed E-state index contributed by atoms with van der Waals surface area (Å²) in [5, 5.41) is 19.3. The van der Waals surface area contributed by atoms with Gasteiger partial charge in [-0.25, -0.2) is 4.39 Å². The predicted octanol–water partition coefficient (Wildman–Crippen LogP) is 3.35. The highest BCUT2D eigenvalue weighted by atomic mass is 19.1. The van der Waals surface area contributed by atoms with Crippen molar-refractivity contribution in [3.8, 4) is 0 Å². The van der Waals surface area contributed by atoms with Gasteiger partial charge in [-0.05, 0) is 29.8 Å². The lowest BCUT2D eigenvalue weighted by molar-refractivity contribution is -0.384. The van der Waals surface area contributed by atoms with Gasteiger partial charge in [0, 0.05) is 32.3 Å². The summed E-state index contributed by atoms with van der Waals surface area (Å²) in [4.78, 5) is 21.6. The summed E-state index contributed by atoms with van der Waals surface area (Å²) < 4.78 is 13.6. The number of rotatable bonds is 6. The molecule has 1 amide bonds. The lowest BCUT2D eigenvalue weighted by atomic mass is 10.1. The molecule has 2 aromatic rings. The number of hydrogen-bond donors (Lipinski definition) is 3. The van der Waals surface area contributed by atoms with Crippen molar-refractivity contribution in [3.63, 3.8) is 0 Å². The van der Waals surface area contributed by atoms with Crippen LogP contribution in [-0.2, 0) is 11.3 Å². The molecule has 0 saturated carbocycles. The molecule has 8 heteroatoms. The van der Waals surface area contributed by atoms with Gasteiger partial charge in [-0.15, -0.1) is 0 Å². The van der Waals surface area contributed by atoms with Crippen molar-refractivity contribution in [1.29, 1.82) is 0 Å². The van der Waals surface area contributed by atoms with E-state index >= 15 is 0 Å². The van der Waals surface area contributed by atoms with Crippen LogP contribution in [0.25, 0.3) is 0 Å². The summed E-state index contributed by atoms with van der Waals surface area (Å²) >= 11 is 0. The lowest BCUT2D eigenvalue weighted by Crippen LogP contribution is -2.08. The van der Waals surface area contributed by atoms with Crippen LogP contribution in [0.4, 0.5) is 27.1 Å². The van der Waals surface area contributed by atoms with Gasteiger partial charge in [-0.1, -0.05) is 6.07 Å². The average molecular weight is 332 g/mol. The number of anilines is 3. The first-order valence-electron chi connectivity index (χ1n) is 7.17. The monoisotopic (exact) mass is 332 g/mol. The van der Waals surface area contributed by atoms with Gasteiger partial charge in [-0.2, -0.15) is 0 Å². The number of carbonyl (C=O) groups is 1. The van der Waals surface area contributed by atoms with E-state index in [0.717, 1.165) is 0 Å². The van der Waals surface area contributed by atoms with Crippen LogP contribution in [0.1, 0.15) is 12.5 Å². The maximum atomic E-state index is 13.6. The van der Waals surface area contributed by atoms with Gasteiger partial charge in [0.25, 0.3) is 5.69 Å². The van der Waals surface area contributed by atoms with E-state index < -0.39 is 10.7 Å². The Morgan fingerprint density at radius 2 is 1.96 bits per heavy atom. The molecule has 0 heterocycles. The third-order valence-corrected chi connectivity index (χ3v) is 3.30. The van der Waals surface area contributed by atoms with Crippen molar-refractivity contribution in [2.45, 2.75) is 13.5 Å². The Morgan fingerprint density at radius 3 is 2.58 bits per heavy atom. The molecule has 0 atom stereocenters. The summed E-state index contributed by atoms with van der Waals surface area (Å²) in [6.07, 6.45) is 0. The third-order valence-electron chi connectivity index (χ3n) is 3.30. The molecule has 0 aliphatic heterocycles. The van der Waals surface area contributed by atoms with E-state index in [1.54, 1.807) is 19.2 Å². The van der Waals surface area contributed by atoms with Gasteiger partial charge in [0.15, 0.2) is 0 Å². The quantitative estimate of drug-likeness (QED) is 0.557. The van der Waals surface area contributed by atoms with Crippen LogP contribution in [0, 0.1) is 15.9 Å². The molecular weight excluding hydrogens is 315 g/mol. The van der Waals surface area contributed by atoms with Gasteiger partial charge >= 0.3 is 0 Å². The first-order chi connectivity index (χ1) is 11.4. The maximum absolute atomic E-state index is 13.6. The Morgan fingerprint density at radius 1 is 1.21 bits per heavy atom. The second kappa shape index (κ2) is 7.40. The Bertz CT molecular complexity index is 780. The minimum Gasteiger partial charge on any atom is -0.383 e. The van der Waals surface area contributed by atoms with Gasteiger partial charge in [0.2, 0.25) is 5.91 Å². The number of nitrogens with one attached hydrogen (secondary N) is 3. The van der Waals surface area contributed by atoms with Gasteiger partial charge in [0.1, 0.15) is 11.5 Å². The van der Waals surface area contributed by atoms with Crippen LogP contribution in [0.15, 0.2) is 36.4 Å². The van der Waals surface area contributed by atoms with Crippen LogP contribution in [0.3, 0.4) is 0 Å². The number of hydrogen-bond acceptors (Lipinski definition) is 5. The topological polar surface area (TPSA) is 96.3 Å². The minimum absolute atomic E-state index is 0.0187. The number of nitro benzene ring substituents is 1. The highest BCUT2D eigenvalue weighted by Crippen LogP contribution is 2.26. The summed E-state index contributed by atoms with van der Waals surface area (Å²) in [6, 6.07) is 9.08. The molecule has 2 aromatic carbocycles. The molecule has 0 aliphatic carbocycles. The van der Waals surface area contributed by atoms with E-state index in [4.69, 9.17) is 0 Å². The molecule has 7 nitrogen and oxygen atoms in total. The Kier molecular flexibility index (Phi) is 5.31. The van der Waals surface area contributed by atoms with Crippen LogP contribution in [0.5, 0.6) is 0 Å². The van der Waals surface area contributed by atoms with Gasteiger partial charge in [0.05, 0.1) is 10.6 Å². The molecule has 0 unspecified atom stereocenters. The van der Waals surface area contributed by atoms with Crippen LogP contribution in [0.2, 0.25) is 0 Å². The predicted molar refractivity (Wildman–Crippen MR) is 90.7 cm³/mol. The van der Waals surface area contributed by atoms with E-state index in [9.17, 15) is 19.3 Å². The molecule has 0 aromatic heterocycles. The molecule has 0 spiro atoms. The SMILES string of the molecule is CNc1ccc(CNc2ccc(F)c(NC(C)=O)c2)cc1[N+](=O)[O-]. The molecule has 0 fully saturated rings. The fraction of sp³-hybridized carbons (Fsp3) is 0.188. The lowest BCUT2D eigenvalue weighted by Gasteiger charge is -2.10. The number of halogens is 1. The molecule has 3 N–H and O–H groups in total. The van der Waals surface area contributed by atoms with Crippen molar-refractivity contribution in [3.05, 3.63) is 57.9 Å². The standard InChI is InChI=1S/C16H17FN4O3/c1-10(22)20-15-8-12(4-5-13(15)17)19-9-11-3-6-14(18-2)16(7-11)21(23)24/h3-8,18-19H,9H2,1-2H3,(H,20,22). The highest BCUT2D eigenvalue weighted by Gasteiger charge is 2.13. The van der Waals surface area contributed by atoms with E-state index in [-0.39, 0.29) is 17.3 Å². The normalized spacial score (nSPS) is 10.1. The van der Waals surface area contributed by atoms with Crippen LogP contribution < -0.4 is 16.0 Å². The van der Waals surface area contributed by atoms with Crippen LogP contribution >= 0.6 is 0 Å². The molecule has 0 bridgehead atoms. The van der Waals surface area contributed by atoms with Gasteiger partial charge in [-0.3, -0.25) is 14.9 Å². The Labute approximate surface area is 138 Å². The molecule has 0 aliphatic rings. The average Bonchev–Trinajstić information content (AvgIpc) is 2.54. The third kappa shape index (κ3) is 4.19.